The van der Waals surface area contributed by atoms with E-state index in [-0.39, 0.29) is 73.8 Å². The third-order valence-electron chi connectivity index (χ3n) is 15.3. The Bertz CT molecular complexity index is 2130. The first-order valence-corrected chi connectivity index (χ1v) is 25.0. The van der Waals surface area contributed by atoms with Crippen LogP contribution in [0.25, 0.3) is 0 Å². The van der Waals surface area contributed by atoms with Gasteiger partial charge in [-0.1, -0.05) is 77.7 Å². The molecule has 1 saturated carbocycles. The Labute approximate surface area is 414 Å². The van der Waals surface area contributed by atoms with Crippen molar-refractivity contribution in [1.82, 2.24) is 25.1 Å². The molecule has 5 rings (SSSR count). The first kappa shape index (κ1) is 51.2. The topological polar surface area (TPSA) is 202 Å². The summed E-state index contributed by atoms with van der Waals surface area (Å²) in [5, 5.41) is 35.4. The first-order chi connectivity index (χ1) is 34.0. The quantitative estimate of drug-likeness (QED) is 0.160. The number of aliphatic hydroxyl groups excluding tert-OH is 1. The lowest BCUT2D eigenvalue weighted by molar-refractivity contribution is -0.265. The van der Waals surface area contributed by atoms with Crippen molar-refractivity contribution < 1.29 is 57.2 Å². The van der Waals surface area contributed by atoms with Gasteiger partial charge in [0.1, 0.15) is 36.5 Å². The lowest BCUT2D eigenvalue weighted by Crippen LogP contribution is -2.61. The molecule has 1 aromatic rings. The third kappa shape index (κ3) is 14.2. The average molecular weight is 967 g/mol. The maximum Gasteiger partial charge on any atom is 0.329 e. The fraction of sp³-hybridized carbons (Fsp3) is 0.717. The van der Waals surface area contributed by atoms with Gasteiger partial charge in [-0.25, -0.2) is 9.48 Å². The number of carbonyl (C=O) groups excluding carboxylic acids is 4. The van der Waals surface area contributed by atoms with Gasteiger partial charge in [-0.05, 0) is 129 Å². The van der Waals surface area contributed by atoms with Crippen molar-refractivity contribution in [1.29, 1.82) is 0 Å². The number of rotatable bonds is 7. The summed E-state index contributed by atoms with van der Waals surface area (Å²) in [5.74, 6) is -7.59. The van der Waals surface area contributed by atoms with Gasteiger partial charge in [-0.3, -0.25) is 14.4 Å². The minimum absolute atomic E-state index is 0.0334. The number of hydrogen-bond acceptors (Lipinski definition) is 14. The maximum absolute atomic E-state index is 14.6. The number of fused-ring (bicyclic) bond motifs is 3. The predicted octanol–water partition coefficient (Wildman–Crippen LogP) is 7.03. The highest BCUT2D eigenvalue weighted by molar-refractivity contribution is 6.39. The molecule has 4 aliphatic rings. The predicted molar refractivity (Wildman–Crippen MR) is 260 cm³/mol. The number of cyclic esters (lactones) is 1. The van der Waals surface area contributed by atoms with Gasteiger partial charge in [0.2, 0.25) is 5.79 Å². The molecular formula is C53H81N5O11. The number of aromatic nitrogens is 4. The van der Waals surface area contributed by atoms with Crippen molar-refractivity contribution in [3.8, 4) is 0 Å². The summed E-state index contributed by atoms with van der Waals surface area (Å²) in [6, 6.07) is -1.25. The largest absolute Gasteiger partial charge is 0.460 e. The summed E-state index contributed by atoms with van der Waals surface area (Å²) in [6.07, 6.45) is 12.8. The van der Waals surface area contributed by atoms with E-state index in [1.165, 1.54) is 7.11 Å². The van der Waals surface area contributed by atoms with E-state index in [0.717, 1.165) is 17.7 Å². The molecule has 1 amide bonds. The Kier molecular flexibility index (Phi) is 19.1. The molecule has 69 heavy (non-hydrogen) atoms. The lowest BCUT2D eigenvalue weighted by Gasteiger charge is -2.42. The van der Waals surface area contributed by atoms with Gasteiger partial charge in [-0.15, -0.1) is 5.10 Å². The van der Waals surface area contributed by atoms with E-state index in [4.69, 9.17) is 27.8 Å². The number of Topliss-reactive ketones (excluding diaryl/α,β-unsaturated/α-hetero) is 2. The number of hydrogen-bond donors (Lipinski definition) is 2. The van der Waals surface area contributed by atoms with Crippen molar-refractivity contribution in [3.63, 3.8) is 0 Å². The number of tetrazole rings is 1. The van der Waals surface area contributed by atoms with Crippen LogP contribution in [0.2, 0.25) is 0 Å². The molecule has 4 heterocycles. The van der Waals surface area contributed by atoms with Crippen molar-refractivity contribution in [2.75, 3.05) is 27.8 Å². The van der Waals surface area contributed by atoms with Crippen LogP contribution < -0.4 is 0 Å². The Morgan fingerprint density at radius 2 is 1.72 bits per heavy atom. The fourth-order valence-electron chi connectivity index (χ4n) is 10.7. The zero-order valence-electron chi connectivity index (χ0n) is 45.3. The molecule has 0 unspecified atom stereocenters. The second-order valence-corrected chi connectivity index (χ2v) is 20.4. The van der Waals surface area contributed by atoms with Gasteiger partial charge < -0.3 is 38.8 Å². The third-order valence-corrected chi connectivity index (χ3v) is 15.3. The Morgan fingerprint density at radius 1 is 0.957 bits per heavy atom. The molecule has 384 valence electrons. The van der Waals surface area contributed by atoms with E-state index in [1.54, 1.807) is 64.0 Å². The SMILES string of the molecule is [2H]C([2H])([2H])O[C@H]1C[C@@H]2CC[C@@H](C)[C@@](O)(O2)C(=O)C(=O)N2CCCC[C@H]2C(=O)O[C@H]([C@H](C)C[C@@H]2CC[C@H](n3cnnn3)[C@H](OC)C2)CC(=O)[C@H](C)/C=C(\C)[C@@H](O)[C@@H](OC)C(=C)[C@H](C)C[C@H](C)/C=C/C=CC=C1C. The van der Waals surface area contributed by atoms with E-state index in [0.29, 0.717) is 55.2 Å². The van der Waals surface area contributed by atoms with Crippen LogP contribution in [0.1, 0.15) is 136 Å². The monoisotopic (exact) mass is 967 g/mol. The summed E-state index contributed by atoms with van der Waals surface area (Å²) < 4.78 is 55.2. The van der Waals surface area contributed by atoms with Crippen LogP contribution in [-0.4, -0.2) is 135 Å². The van der Waals surface area contributed by atoms with Gasteiger partial charge in [0.15, 0.2) is 0 Å². The second-order valence-electron chi connectivity index (χ2n) is 20.4. The molecule has 3 aliphatic heterocycles. The van der Waals surface area contributed by atoms with Crippen LogP contribution in [0.4, 0.5) is 0 Å². The summed E-state index contributed by atoms with van der Waals surface area (Å²) in [5.41, 5.74) is 1.78. The standard InChI is InChI=1S/C53H81N5O11/c1-32-17-13-12-14-18-33(2)45(65-9)29-41-22-20-38(7)53(64,69-41)50(61)51(62)57-24-16-15-19-43(57)52(63)68-46(36(5)27-40-21-23-42(47(28-40)66-10)58-31-54-55-56-58)30-44(59)35(4)26-37(6)48(60)49(67-11)39(8)34(3)25-32/h12-14,17-18,26,31-32,34-36,38,40-43,45-49,60,64H,8,15-16,19-25,27-30H2,1-7,9-11H3/b14-12?,17-13+,33-18?,37-26+/t32-,34-,35-,36-,38-,40+,41+,42+,43+,45+,46+,47-,48-,49+,53-/m1/s1/i9D3. The zero-order valence-corrected chi connectivity index (χ0v) is 42.3. The minimum atomic E-state index is -2.78. The minimum Gasteiger partial charge on any atom is -0.460 e. The summed E-state index contributed by atoms with van der Waals surface area (Å²) in [4.78, 5) is 58.8. The molecule has 0 aromatic carbocycles. The van der Waals surface area contributed by atoms with Crippen molar-refractivity contribution in [2.24, 2.45) is 35.5 Å². The van der Waals surface area contributed by atoms with Crippen LogP contribution in [0, 0.1) is 35.5 Å². The molecular weight excluding hydrogens is 883 g/mol. The van der Waals surface area contributed by atoms with E-state index in [2.05, 4.69) is 29.0 Å². The Hall–Kier alpha value is -4.19. The smallest absolute Gasteiger partial charge is 0.329 e. The average Bonchev–Trinajstić information content (AvgIpc) is 3.88. The number of aliphatic hydroxyl groups is 2. The van der Waals surface area contributed by atoms with Crippen LogP contribution in [-0.2, 0) is 42.9 Å². The maximum atomic E-state index is 14.6. The van der Waals surface area contributed by atoms with Crippen LogP contribution in [0.15, 0.2) is 66.1 Å². The lowest BCUT2D eigenvalue weighted by atomic mass is 9.77. The van der Waals surface area contributed by atoms with Gasteiger partial charge in [0.05, 0.1) is 28.5 Å². The highest BCUT2D eigenvalue weighted by Crippen LogP contribution is 2.39. The summed E-state index contributed by atoms with van der Waals surface area (Å²) in [6.45, 7) is 17.2. The number of carbonyl (C=O) groups is 4. The second kappa shape index (κ2) is 25.8. The molecule has 2 saturated heterocycles. The van der Waals surface area contributed by atoms with Crippen LogP contribution >= 0.6 is 0 Å². The molecule has 2 bridgehead atoms. The molecule has 16 nitrogen and oxygen atoms in total. The number of methoxy groups -OCH3 is 3. The Morgan fingerprint density at radius 3 is 2.42 bits per heavy atom. The van der Waals surface area contributed by atoms with E-state index >= 15 is 0 Å². The van der Waals surface area contributed by atoms with Gasteiger partial charge in [-0.2, -0.15) is 0 Å². The number of ketones is 2. The number of allylic oxidation sites excluding steroid dienone is 6. The number of ether oxygens (including phenoxy) is 5. The van der Waals surface area contributed by atoms with E-state index in [9.17, 15) is 29.4 Å². The molecule has 1 aromatic heterocycles. The van der Waals surface area contributed by atoms with Crippen molar-refractivity contribution in [2.45, 2.75) is 180 Å². The van der Waals surface area contributed by atoms with Crippen molar-refractivity contribution in [3.05, 3.63) is 66.1 Å². The zero-order chi connectivity index (χ0) is 53.1. The number of piperidine rings is 1. The number of amides is 1. The number of esters is 1. The van der Waals surface area contributed by atoms with E-state index < -0.39 is 78.9 Å². The van der Waals surface area contributed by atoms with Crippen LogP contribution in [0.5, 0.6) is 0 Å². The summed E-state index contributed by atoms with van der Waals surface area (Å²) >= 11 is 0. The summed E-state index contributed by atoms with van der Waals surface area (Å²) in [7, 11) is 0.390. The van der Waals surface area contributed by atoms with E-state index in [1.807, 2.05) is 32.1 Å². The van der Waals surface area contributed by atoms with Gasteiger partial charge >= 0.3 is 5.97 Å². The normalized spacial score (nSPS) is 38.4. The first-order valence-electron chi connectivity index (χ1n) is 26.5. The molecule has 16 heteroatoms. The molecule has 1 aliphatic carbocycles. The highest BCUT2D eigenvalue weighted by Gasteiger charge is 2.53. The molecule has 2 N–H and O–H groups in total. The molecule has 15 atom stereocenters. The molecule has 0 spiro atoms. The van der Waals surface area contributed by atoms with Gasteiger partial charge in [0.25, 0.3) is 11.7 Å². The highest BCUT2D eigenvalue weighted by atomic mass is 16.6. The van der Waals surface area contributed by atoms with Crippen molar-refractivity contribution >= 4 is 23.4 Å². The number of nitrogens with zero attached hydrogens (tertiary/aromatic N) is 5. The molecule has 0 radical (unpaired) electrons. The Balaban J connectivity index is 1.48. The van der Waals surface area contributed by atoms with Crippen LogP contribution in [0.3, 0.4) is 0 Å². The van der Waals surface area contributed by atoms with Gasteiger partial charge in [0, 0.05) is 52.5 Å². The molecule has 3 fully saturated rings. The fourth-order valence-corrected chi connectivity index (χ4v) is 10.7.